The summed E-state index contributed by atoms with van der Waals surface area (Å²) in [5, 5.41) is 12.9. The van der Waals surface area contributed by atoms with Gasteiger partial charge in [-0.3, -0.25) is 0 Å². The molecule has 3 rings (SSSR count). The van der Waals surface area contributed by atoms with Crippen LogP contribution in [-0.2, 0) is 0 Å². The van der Waals surface area contributed by atoms with Gasteiger partial charge in [-0.15, -0.1) is 0 Å². The number of fused-ring (bicyclic) bond motifs is 1. The van der Waals surface area contributed by atoms with Gasteiger partial charge < -0.3 is 15.0 Å². The van der Waals surface area contributed by atoms with E-state index in [4.69, 9.17) is 0 Å². The molecule has 0 spiro atoms. The van der Waals surface area contributed by atoms with Crippen molar-refractivity contribution in [1.82, 2.24) is 19.5 Å². The van der Waals surface area contributed by atoms with Crippen LogP contribution in [0, 0.1) is 0 Å². The Kier molecular flexibility index (Phi) is 3.56. The summed E-state index contributed by atoms with van der Waals surface area (Å²) in [4.78, 5) is 13.2. The SMILES string of the molecule is CC(C)n1cnc2cnc(NC3CCC(O)CC3)nc21. The van der Waals surface area contributed by atoms with Gasteiger partial charge in [-0.1, -0.05) is 0 Å². The molecule has 0 aliphatic heterocycles. The van der Waals surface area contributed by atoms with E-state index in [0.29, 0.717) is 18.0 Å². The molecule has 2 N–H and O–H groups in total. The lowest BCUT2D eigenvalue weighted by atomic mass is 9.93. The van der Waals surface area contributed by atoms with Crippen molar-refractivity contribution in [1.29, 1.82) is 0 Å². The van der Waals surface area contributed by atoms with Crippen molar-refractivity contribution < 1.29 is 5.11 Å². The summed E-state index contributed by atoms with van der Waals surface area (Å²) >= 11 is 0. The highest BCUT2D eigenvalue weighted by atomic mass is 16.3. The third-order valence-corrected chi connectivity index (χ3v) is 3.90. The first-order valence-corrected chi connectivity index (χ1v) is 7.27. The smallest absolute Gasteiger partial charge is 0.224 e. The fourth-order valence-electron chi connectivity index (χ4n) is 2.68. The molecule has 1 fully saturated rings. The molecule has 1 aliphatic carbocycles. The van der Waals surface area contributed by atoms with Crippen LogP contribution < -0.4 is 5.32 Å². The second kappa shape index (κ2) is 5.36. The average molecular weight is 275 g/mol. The molecule has 6 heteroatoms. The van der Waals surface area contributed by atoms with Crippen molar-refractivity contribution in [2.45, 2.75) is 57.7 Å². The van der Waals surface area contributed by atoms with E-state index in [0.717, 1.165) is 36.8 Å². The Morgan fingerprint density at radius 2 is 2.00 bits per heavy atom. The van der Waals surface area contributed by atoms with E-state index in [1.165, 1.54) is 0 Å². The molecule has 0 bridgehead atoms. The minimum absolute atomic E-state index is 0.140. The van der Waals surface area contributed by atoms with Crippen LogP contribution in [0.4, 0.5) is 5.95 Å². The Morgan fingerprint density at radius 3 is 2.70 bits per heavy atom. The molecule has 0 unspecified atom stereocenters. The lowest BCUT2D eigenvalue weighted by molar-refractivity contribution is 0.126. The fraction of sp³-hybridized carbons (Fsp3) is 0.643. The van der Waals surface area contributed by atoms with Crippen molar-refractivity contribution in [2.75, 3.05) is 5.32 Å². The summed E-state index contributed by atoms with van der Waals surface area (Å²) in [6, 6.07) is 0.679. The highest BCUT2D eigenvalue weighted by Gasteiger charge is 2.20. The fourth-order valence-corrected chi connectivity index (χ4v) is 2.68. The van der Waals surface area contributed by atoms with E-state index in [2.05, 4.69) is 34.1 Å². The highest BCUT2D eigenvalue weighted by Crippen LogP contribution is 2.22. The zero-order valence-corrected chi connectivity index (χ0v) is 12.0. The third-order valence-electron chi connectivity index (χ3n) is 3.90. The van der Waals surface area contributed by atoms with E-state index >= 15 is 0 Å². The maximum Gasteiger partial charge on any atom is 0.224 e. The summed E-state index contributed by atoms with van der Waals surface area (Å²) in [6.07, 6.45) is 7.07. The number of hydrogen-bond acceptors (Lipinski definition) is 5. The van der Waals surface area contributed by atoms with E-state index in [1.54, 1.807) is 6.20 Å². The van der Waals surface area contributed by atoms with Crippen molar-refractivity contribution in [3.05, 3.63) is 12.5 Å². The van der Waals surface area contributed by atoms with E-state index in [9.17, 15) is 5.11 Å². The Balaban J connectivity index is 1.80. The molecule has 108 valence electrons. The molecule has 0 aromatic carbocycles. The van der Waals surface area contributed by atoms with Crippen molar-refractivity contribution in [2.24, 2.45) is 0 Å². The highest BCUT2D eigenvalue weighted by molar-refractivity contribution is 5.71. The van der Waals surface area contributed by atoms with Crippen LogP contribution in [-0.4, -0.2) is 36.8 Å². The number of nitrogens with zero attached hydrogens (tertiary/aromatic N) is 4. The molecule has 0 amide bonds. The zero-order valence-electron chi connectivity index (χ0n) is 12.0. The zero-order chi connectivity index (χ0) is 14.1. The van der Waals surface area contributed by atoms with Crippen molar-refractivity contribution in [3.63, 3.8) is 0 Å². The minimum atomic E-state index is -0.140. The summed E-state index contributed by atoms with van der Waals surface area (Å²) in [5.41, 5.74) is 1.69. The molecule has 1 aliphatic rings. The lowest BCUT2D eigenvalue weighted by Gasteiger charge is -2.26. The molecule has 2 heterocycles. The monoisotopic (exact) mass is 275 g/mol. The molecule has 0 saturated heterocycles. The summed E-state index contributed by atoms with van der Waals surface area (Å²) < 4.78 is 2.05. The Morgan fingerprint density at radius 1 is 1.25 bits per heavy atom. The molecular formula is C14H21N5O. The van der Waals surface area contributed by atoms with E-state index < -0.39 is 0 Å². The lowest BCUT2D eigenvalue weighted by Crippen LogP contribution is -2.28. The Hall–Kier alpha value is -1.69. The maximum absolute atomic E-state index is 9.53. The molecule has 2 aromatic heterocycles. The van der Waals surface area contributed by atoms with Gasteiger partial charge in [0.1, 0.15) is 5.52 Å². The number of aliphatic hydroxyl groups excluding tert-OH is 1. The van der Waals surface area contributed by atoms with Crippen LogP contribution in [0.2, 0.25) is 0 Å². The number of aliphatic hydroxyl groups is 1. The van der Waals surface area contributed by atoms with Crippen molar-refractivity contribution in [3.8, 4) is 0 Å². The number of aromatic nitrogens is 4. The molecular weight excluding hydrogens is 254 g/mol. The maximum atomic E-state index is 9.53. The van der Waals surface area contributed by atoms with Gasteiger partial charge in [0.2, 0.25) is 5.95 Å². The quantitative estimate of drug-likeness (QED) is 0.897. The molecule has 2 aromatic rings. The van der Waals surface area contributed by atoms with Crippen LogP contribution in [0.15, 0.2) is 12.5 Å². The number of imidazole rings is 1. The number of nitrogens with one attached hydrogen (secondary N) is 1. The van der Waals surface area contributed by atoms with Crippen LogP contribution in [0.5, 0.6) is 0 Å². The summed E-state index contributed by atoms with van der Waals surface area (Å²) in [6.45, 7) is 4.22. The van der Waals surface area contributed by atoms with Gasteiger partial charge in [0.15, 0.2) is 5.65 Å². The standard InChI is InChI=1S/C14H21N5O/c1-9(2)19-8-16-12-7-15-14(18-13(12)19)17-10-3-5-11(20)6-4-10/h7-11,20H,3-6H2,1-2H3,(H,15,17,18). The number of hydrogen-bond donors (Lipinski definition) is 2. The molecule has 1 saturated carbocycles. The van der Waals surface area contributed by atoms with Crippen LogP contribution in [0.3, 0.4) is 0 Å². The van der Waals surface area contributed by atoms with Gasteiger partial charge in [-0.2, -0.15) is 4.98 Å². The second-order valence-corrected chi connectivity index (χ2v) is 5.80. The first-order valence-electron chi connectivity index (χ1n) is 7.27. The van der Waals surface area contributed by atoms with Crippen LogP contribution >= 0.6 is 0 Å². The predicted octanol–water partition coefficient (Wildman–Crippen LogP) is 2.12. The summed E-state index contributed by atoms with van der Waals surface area (Å²) in [5.74, 6) is 0.654. The average Bonchev–Trinajstić information content (AvgIpc) is 2.84. The predicted molar refractivity (Wildman–Crippen MR) is 77.6 cm³/mol. The third kappa shape index (κ3) is 2.60. The summed E-state index contributed by atoms with van der Waals surface area (Å²) in [7, 11) is 0. The van der Waals surface area contributed by atoms with Gasteiger partial charge in [0, 0.05) is 12.1 Å². The Bertz CT molecular complexity index is 586. The van der Waals surface area contributed by atoms with Gasteiger partial charge >= 0.3 is 0 Å². The molecule has 0 atom stereocenters. The first-order chi connectivity index (χ1) is 9.63. The Labute approximate surface area is 118 Å². The van der Waals surface area contributed by atoms with Crippen LogP contribution in [0.25, 0.3) is 11.2 Å². The van der Waals surface area contributed by atoms with Gasteiger partial charge in [0.25, 0.3) is 0 Å². The van der Waals surface area contributed by atoms with Crippen LogP contribution in [0.1, 0.15) is 45.6 Å². The molecule has 20 heavy (non-hydrogen) atoms. The van der Waals surface area contributed by atoms with Gasteiger partial charge in [-0.25, -0.2) is 9.97 Å². The number of rotatable bonds is 3. The first kappa shape index (κ1) is 13.3. The van der Waals surface area contributed by atoms with E-state index in [1.807, 2.05) is 10.9 Å². The van der Waals surface area contributed by atoms with Crippen molar-refractivity contribution >= 4 is 17.1 Å². The van der Waals surface area contributed by atoms with Gasteiger partial charge in [0.05, 0.1) is 18.6 Å². The van der Waals surface area contributed by atoms with Gasteiger partial charge in [-0.05, 0) is 39.5 Å². The topological polar surface area (TPSA) is 75.9 Å². The number of anilines is 1. The van der Waals surface area contributed by atoms with E-state index in [-0.39, 0.29) is 6.10 Å². The molecule has 6 nitrogen and oxygen atoms in total. The molecule has 0 radical (unpaired) electrons. The second-order valence-electron chi connectivity index (χ2n) is 5.80. The normalized spacial score (nSPS) is 23.4. The minimum Gasteiger partial charge on any atom is -0.393 e. The largest absolute Gasteiger partial charge is 0.393 e.